The summed E-state index contributed by atoms with van der Waals surface area (Å²) in [4.78, 5) is 3.97. The summed E-state index contributed by atoms with van der Waals surface area (Å²) in [5.41, 5.74) is 0.835. The molecule has 0 saturated heterocycles. The maximum absolute atomic E-state index is 8.67. The van der Waals surface area contributed by atoms with Gasteiger partial charge in [-0.3, -0.25) is 0 Å². The third-order valence-electron chi connectivity index (χ3n) is 1.52. The summed E-state index contributed by atoms with van der Waals surface area (Å²) in [6.45, 7) is 1.75. The van der Waals surface area contributed by atoms with Gasteiger partial charge in [0.15, 0.2) is 11.4 Å². The molecule has 0 radical (unpaired) electrons. The third-order valence-corrected chi connectivity index (χ3v) is 2.87. The molecule has 0 saturated carbocycles. The van der Waals surface area contributed by atoms with Crippen molar-refractivity contribution in [2.45, 2.75) is 6.92 Å². The summed E-state index contributed by atoms with van der Waals surface area (Å²) in [6.07, 6.45) is 0. The Labute approximate surface area is 89.4 Å². The fraction of sp³-hybridized carbons (Fsp3) is 0.250. The van der Waals surface area contributed by atoms with Crippen molar-refractivity contribution < 1.29 is 4.74 Å². The summed E-state index contributed by atoms with van der Waals surface area (Å²) in [5.74, 6) is 0.559. The van der Waals surface area contributed by atoms with Crippen LogP contribution in [0.1, 0.15) is 11.4 Å². The monoisotopic (exact) mass is 260 g/mol. The zero-order valence-corrected chi connectivity index (χ0v) is 9.40. The first kappa shape index (κ1) is 10.3. The number of rotatable bonds is 1. The Morgan fingerprint density at radius 3 is 2.69 bits per heavy atom. The Hall–Kier alpha value is -0.790. The normalized spacial score (nSPS) is 9.46. The average molecular weight is 262 g/mol. The molecule has 0 aromatic carbocycles. The number of nitriles is 1. The van der Waals surface area contributed by atoms with Gasteiger partial charge in [0, 0.05) is 0 Å². The Morgan fingerprint density at radius 2 is 2.23 bits per heavy atom. The number of halogens is 2. The van der Waals surface area contributed by atoms with Gasteiger partial charge in [0.2, 0.25) is 0 Å². The lowest BCUT2D eigenvalue weighted by Crippen LogP contribution is -1.96. The van der Waals surface area contributed by atoms with E-state index in [0.717, 1.165) is 0 Å². The van der Waals surface area contributed by atoms with E-state index in [4.69, 9.17) is 21.6 Å². The second-order valence-corrected chi connectivity index (χ2v) is 3.49. The molecule has 0 unspecified atom stereocenters. The summed E-state index contributed by atoms with van der Waals surface area (Å²) in [7, 11) is 1.52. The Morgan fingerprint density at radius 1 is 1.62 bits per heavy atom. The fourth-order valence-corrected chi connectivity index (χ4v) is 1.75. The van der Waals surface area contributed by atoms with Crippen molar-refractivity contribution in [3.8, 4) is 11.8 Å². The fourth-order valence-electron chi connectivity index (χ4n) is 0.941. The summed E-state index contributed by atoms with van der Waals surface area (Å²) >= 11 is 9.07. The Bertz CT molecular complexity index is 383. The van der Waals surface area contributed by atoms with Gasteiger partial charge in [-0.05, 0) is 22.9 Å². The van der Waals surface area contributed by atoms with Gasteiger partial charge in [-0.1, -0.05) is 11.6 Å². The van der Waals surface area contributed by atoms with Crippen LogP contribution >= 0.6 is 27.5 Å². The first-order chi connectivity index (χ1) is 6.11. The second kappa shape index (κ2) is 3.95. The molecule has 0 aliphatic carbocycles. The van der Waals surface area contributed by atoms with E-state index in [-0.39, 0.29) is 10.7 Å². The van der Waals surface area contributed by atoms with Crippen LogP contribution in [0.2, 0.25) is 5.02 Å². The summed E-state index contributed by atoms with van der Waals surface area (Å²) in [6, 6.07) is 1.90. The molecule has 1 aromatic heterocycles. The van der Waals surface area contributed by atoms with Crippen molar-refractivity contribution in [3.05, 3.63) is 20.9 Å². The average Bonchev–Trinajstić information content (AvgIpc) is 2.12. The van der Waals surface area contributed by atoms with Crippen LogP contribution in [-0.2, 0) is 0 Å². The van der Waals surface area contributed by atoms with Gasteiger partial charge in [0.05, 0.1) is 22.3 Å². The minimum Gasteiger partial charge on any atom is -0.494 e. The lowest BCUT2D eigenvalue weighted by Gasteiger charge is -2.08. The minimum atomic E-state index is 0.201. The quantitative estimate of drug-likeness (QED) is 0.781. The molecule has 0 fully saturated rings. The maximum Gasteiger partial charge on any atom is 0.160 e. The van der Waals surface area contributed by atoms with E-state index in [1.54, 1.807) is 6.92 Å². The largest absolute Gasteiger partial charge is 0.494 e. The number of pyridine rings is 1. The lowest BCUT2D eigenvalue weighted by atomic mass is 10.3. The minimum absolute atomic E-state index is 0.201. The zero-order valence-electron chi connectivity index (χ0n) is 7.06. The highest BCUT2D eigenvalue weighted by atomic mass is 79.9. The molecule has 1 rings (SSSR count). The van der Waals surface area contributed by atoms with Gasteiger partial charge in [-0.2, -0.15) is 5.26 Å². The Kier molecular flexibility index (Phi) is 3.12. The molecule has 0 N–H and O–H groups in total. The molecular formula is C8H6BrClN2O. The predicted molar refractivity (Wildman–Crippen MR) is 53.0 cm³/mol. The van der Waals surface area contributed by atoms with E-state index in [1.807, 2.05) is 6.07 Å². The molecule has 68 valence electrons. The first-order valence-electron chi connectivity index (χ1n) is 3.41. The van der Waals surface area contributed by atoms with Crippen molar-refractivity contribution in [2.75, 3.05) is 7.11 Å². The van der Waals surface area contributed by atoms with Crippen LogP contribution in [0.15, 0.2) is 4.47 Å². The molecule has 0 aliphatic rings. The molecule has 1 heterocycles. The molecule has 1 aromatic rings. The topological polar surface area (TPSA) is 45.9 Å². The standard InChI is InChI=1S/C8H6BrClN2O/c1-4-8(13-2)6(9)7(10)5(3-11)12-4/h1-2H3. The number of hydrogen-bond acceptors (Lipinski definition) is 3. The molecule has 0 spiro atoms. The van der Waals surface area contributed by atoms with Crippen molar-refractivity contribution in [1.29, 1.82) is 5.26 Å². The predicted octanol–water partition coefficient (Wildman–Crippen LogP) is 2.69. The van der Waals surface area contributed by atoms with E-state index in [0.29, 0.717) is 15.9 Å². The van der Waals surface area contributed by atoms with Gasteiger partial charge in [0.25, 0.3) is 0 Å². The van der Waals surface area contributed by atoms with E-state index in [1.165, 1.54) is 7.11 Å². The highest BCUT2D eigenvalue weighted by molar-refractivity contribution is 9.10. The number of methoxy groups -OCH3 is 1. The first-order valence-corrected chi connectivity index (χ1v) is 4.58. The van der Waals surface area contributed by atoms with Crippen LogP contribution in [0, 0.1) is 18.3 Å². The molecule has 0 amide bonds. The van der Waals surface area contributed by atoms with Crippen LogP contribution in [0.25, 0.3) is 0 Å². The highest BCUT2D eigenvalue weighted by Gasteiger charge is 2.14. The van der Waals surface area contributed by atoms with Crippen LogP contribution in [0.4, 0.5) is 0 Å². The van der Waals surface area contributed by atoms with Crippen molar-refractivity contribution >= 4 is 27.5 Å². The maximum atomic E-state index is 8.67. The zero-order chi connectivity index (χ0) is 10.0. The van der Waals surface area contributed by atoms with Gasteiger partial charge < -0.3 is 4.74 Å². The number of aromatic nitrogens is 1. The third kappa shape index (κ3) is 1.77. The molecule has 0 aliphatic heterocycles. The summed E-state index contributed by atoms with van der Waals surface area (Å²) < 4.78 is 5.62. The molecule has 3 nitrogen and oxygen atoms in total. The smallest absolute Gasteiger partial charge is 0.160 e. The lowest BCUT2D eigenvalue weighted by molar-refractivity contribution is 0.406. The number of nitrogens with zero attached hydrogens (tertiary/aromatic N) is 2. The van der Waals surface area contributed by atoms with Crippen LogP contribution in [-0.4, -0.2) is 12.1 Å². The number of hydrogen-bond donors (Lipinski definition) is 0. The Balaban J connectivity index is 3.48. The molecular weight excluding hydrogens is 255 g/mol. The molecule has 0 atom stereocenters. The van der Waals surface area contributed by atoms with E-state index >= 15 is 0 Å². The van der Waals surface area contributed by atoms with Gasteiger partial charge in [-0.25, -0.2) is 4.98 Å². The SMILES string of the molecule is COc1c(C)nc(C#N)c(Cl)c1Br. The van der Waals surface area contributed by atoms with Crippen LogP contribution in [0.3, 0.4) is 0 Å². The summed E-state index contributed by atoms with van der Waals surface area (Å²) in [5, 5.41) is 8.95. The molecule has 13 heavy (non-hydrogen) atoms. The van der Waals surface area contributed by atoms with E-state index < -0.39 is 0 Å². The van der Waals surface area contributed by atoms with Crippen molar-refractivity contribution in [1.82, 2.24) is 4.98 Å². The van der Waals surface area contributed by atoms with Crippen molar-refractivity contribution in [2.24, 2.45) is 0 Å². The van der Waals surface area contributed by atoms with Crippen molar-refractivity contribution in [3.63, 3.8) is 0 Å². The van der Waals surface area contributed by atoms with E-state index in [2.05, 4.69) is 20.9 Å². The van der Waals surface area contributed by atoms with Gasteiger partial charge in [-0.15, -0.1) is 0 Å². The number of ether oxygens (including phenoxy) is 1. The van der Waals surface area contributed by atoms with Gasteiger partial charge >= 0.3 is 0 Å². The van der Waals surface area contributed by atoms with E-state index in [9.17, 15) is 0 Å². The molecule has 0 bridgehead atoms. The number of aryl methyl sites for hydroxylation is 1. The molecule has 5 heteroatoms. The second-order valence-electron chi connectivity index (χ2n) is 2.32. The van der Waals surface area contributed by atoms with Gasteiger partial charge in [0.1, 0.15) is 6.07 Å². The van der Waals surface area contributed by atoms with Crippen LogP contribution < -0.4 is 4.74 Å². The van der Waals surface area contributed by atoms with Crippen LogP contribution in [0.5, 0.6) is 5.75 Å². The highest BCUT2D eigenvalue weighted by Crippen LogP contribution is 2.35.